The Morgan fingerprint density at radius 3 is 2.60 bits per heavy atom. The van der Waals surface area contributed by atoms with Crippen molar-refractivity contribution in [3.05, 3.63) is 6.42 Å². The lowest BCUT2D eigenvalue weighted by molar-refractivity contribution is -0.129. The number of primary amides is 1. The first kappa shape index (κ1) is 15.3. The maximum Gasteiger partial charge on any atom is 0.227 e. The summed E-state index contributed by atoms with van der Waals surface area (Å²) in [6.07, 6.45) is 5.28. The Kier molecular flexibility index (Phi) is 3.87. The minimum absolute atomic E-state index is 0.0742. The summed E-state index contributed by atoms with van der Waals surface area (Å²) in [4.78, 5) is 25.4. The maximum absolute atomic E-state index is 12.5. The summed E-state index contributed by atoms with van der Waals surface area (Å²) in [6, 6.07) is 0.355. The second kappa shape index (κ2) is 5.05. The highest BCUT2D eigenvalue weighted by molar-refractivity contribution is 5.86. The van der Waals surface area contributed by atoms with Gasteiger partial charge in [-0.2, -0.15) is 0 Å². The summed E-state index contributed by atoms with van der Waals surface area (Å²) in [5.74, 6) is -0.360. The number of nitrogens with two attached hydrogens (primary N) is 1. The van der Waals surface area contributed by atoms with Crippen LogP contribution < -0.4 is 5.73 Å². The van der Waals surface area contributed by atoms with Crippen LogP contribution in [0.25, 0.3) is 0 Å². The zero-order valence-corrected chi connectivity index (χ0v) is 13.1. The molecular weight excluding hydrogens is 252 g/mol. The van der Waals surface area contributed by atoms with Crippen molar-refractivity contribution in [1.82, 2.24) is 4.90 Å². The van der Waals surface area contributed by atoms with Gasteiger partial charge in [0.25, 0.3) is 0 Å². The molecule has 0 aromatic heterocycles. The van der Waals surface area contributed by atoms with Crippen LogP contribution >= 0.6 is 0 Å². The van der Waals surface area contributed by atoms with Crippen LogP contribution in [0.2, 0.25) is 0 Å². The van der Waals surface area contributed by atoms with E-state index in [1.165, 1.54) is 6.42 Å². The molecular formula is C16H27N2O2. The van der Waals surface area contributed by atoms with Crippen LogP contribution in [-0.2, 0) is 9.59 Å². The summed E-state index contributed by atoms with van der Waals surface area (Å²) in [7, 11) is 0. The Balaban J connectivity index is 2.00. The van der Waals surface area contributed by atoms with Gasteiger partial charge in [-0.05, 0) is 36.0 Å². The van der Waals surface area contributed by atoms with E-state index in [9.17, 15) is 9.59 Å². The molecule has 4 heteroatoms. The van der Waals surface area contributed by atoms with E-state index in [-0.39, 0.29) is 29.6 Å². The number of amides is 2. The fourth-order valence-electron chi connectivity index (χ4n) is 4.43. The second-order valence-corrected chi connectivity index (χ2v) is 7.99. The molecule has 2 rings (SSSR count). The normalized spacial score (nSPS) is 33.0. The van der Waals surface area contributed by atoms with Gasteiger partial charge in [0.1, 0.15) is 0 Å². The first-order valence-electron chi connectivity index (χ1n) is 7.54. The van der Waals surface area contributed by atoms with Crippen molar-refractivity contribution in [2.75, 3.05) is 6.54 Å². The molecule has 20 heavy (non-hydrogen) atoms. The fourth-order valence-corrected chi connectivity index (χ4v) is 4.43. The predicted molar refractivity (Wildman–Crippen MR) is 78.5 cm³/mol. The largest absolute Gasteiger partial charge is 0.370 e. The summed E-state index contributed by atoms with van der Waals surface area (Å²) in [6.45, 7) is 9.60. The molecule has 2 bridgehead atoms. The molecule has 0 spiro atoms. The number of hydrogen-bond donors (Lipinski definition) is 1. The van der Waals surface area contributed by atoms with Gasteiger partial charge in [-0.25, -0.2) is 0 Å². The monoisotopic (exact) mass is 279 g/mol. The Bertz CT molecular complexity index is 419. The van der Waals surface area contributed by atoms with E-state index in [0.29, 0.717) is 11.5 Å². The van der Waals surface area contributed by atoms with Gasteiger partial charge in [0.05, 0.1) is 6.42 Å². The lowest BCUT2D eigenvalue weighted by Crippen LogP contribution is -2.38. The molecule has 0 aromatic carbocycles. The molecule has 2 fully saturated rings. The summed E-state index contributed by atoms with van der Waals surface area (Å²) >= 11 is 0. The third-order valence-corrected chi connectivity index (χ3v) is 4.65. The van der Waals surface area contributed by atoms with Crippen molar-refractivity contribution in [2.45, 2.75) is 59.4 Å². The van der Waals surface area contributed by atoms with Gasteiger partial charge in [0.2, 0.25) is 11.8 Å². The first-order valence-corrected chi connectivity index (χ1v) is 7.54. The number of likely N-dealkylation sites (tertiary alicyclic amines) is 1. The maximum atomic E-state index is 12.5. The summed E-state index contributed by atoms with van der Waals surface area (Å²) < 4.78 is 0. The number of carbonyl (C=O) groups excluding carboxylic acids is 2. The van der Waals surface area contributed by atoms with Gasteiger partial charge in [0.15, 0.2) is 0 Å². The van der Waals surface area contributed by atoms with E-state index in [4.69, 9.17) is 5.73 Å². The number of carbonyl (C=O) groups is 2. The smallest absolute Gasteiger partial charge is 0.227 e. The van der Waals surface area contributed by atoms with Gasteiger partial charge in [-0.3, -0.25) is 9.59 Å². The van der Waals surface area contributed by atoms with E-state index >= 15 is 0 Å². The van der Waals surface area contributed by atoms with E-state index in [1.807, 2.05) is 11.8 Å². The van der Waals surface area contributed by atoms with Crippen LogP contribution in [-0.4, -0.2) is 29.3 Å². The van der Waals surface area contributed by atoms with Crippen molar-refractivity contribution in [2.24, 2.45) is 22.5 Å². The number of hydrogen-bond acceptors (Lipinski definition) is 2. The van der Waals surface area contributed by atoms with E-state index in [0.717, 1.165) is 19.4 Å². The number of fused-ring (bicyclic) bond motifs is 2. The molecule has 1 saturated heterocycles. The highest BCUT2D eigenvalue weighted by atomic mass is 16.2. The Morgan fingerprint density at radius 1 is 1.35 bits per heavy atom. The molecule has 3 atom stereocenters. The van der Waals surface area contributed by atoms with Crippen molar-refractivity contribution in [3.8, 4) is 0 Å². The quantitative estimate of drug-likeness (QED) is 0.857. The molecule has 3 unspecified atom stereocenters. The summed E-state index contributed by atoms with van der Waals surface area (Å²) in [5, 5.41) is 0. The van der Waals surface area contributed by atoms with Gasteiger partial charge >= 0.3 is 0 Å². The lowest BCUT2D eigenvalue weighted by atomic mass is 9.65. The van der Waals surface area contributed by atoms with E-state index in [1.54, 1.807) is 6.42 Å². The molecule has 4 nitrogen and oxygen atoms in total. The Hall–Kier alpha value is -1.06. The van der Waals surface area contributed by atoms with Gasteiger partial charge in [0, 0.05) is 19.0 Å². The minimum Gasteiger partial charge on any atom is -0.370 e. The summed E-state index contributed by atoms with van der Waals surface area (Å²) in [5.41, 5.74) is 5.74. The molecule has 2 aliphatic rings. The van der Waals surface area contributed by atoms with Crippen molar-refractivity contribution in [3.63, 3.8) is 0 Å². The molecule has 1 saturated carbocycles. The third kappa shape index (κ3) is 3.33. The number of rotatable bonds is 4. The van der Waals surface area contributed by atoms with Crippen LogP contribution in [0.5, 0.6) is 0 Å². The lowest BCUT2D eigenvalue weighted by Gasteiger charge is -2.39. The van der Waals surface area contributed by atoms with Crippen molar-refractivity contribution in [1.29, 1.82) is 0 Å². The first-order chi connectivity index (χ1) is 9.10. The molecule has 1 aliphatic heterocycles. The Labute approximate surface area is 122 Å². The standard InChI is InChI=1S/C16H27N2O2/c1-11(5-13(17)19)6-14(20)18-10-16(4)8-12(18)7-15(2,3)9-16/h6,11-12H,5,7-10H2,1-4H3,(H2,17,19). The molecule has 2 amide bonds. The van der Waals surface area contributed by atoms with Crippen LogP contribution in [0.3, 0.4) is 0 Å². The molecule has 113 valence electrons. The van der Waals surface area contributed by atoms with Crippen LogP contribution in [0.4, 0.5) is 0 Å². The SMILES string of the molecule is CC([CH]C(=O)N1CC2(C)CC1CC(C)(C)C2)CC(N)=O. The van der Waals surface area contributed by atoms with E-state index < -0.39 is 0 Å². The Morgan fingerprint density at radius 2 is 2.00 bits per heavy atom. The highest BCUT2D eigenvalue weighted by Crippen LogP contribution is 2.52. The molecule has 1 radical (unpaired) electrons. The molecule has 2 N–H and O–H groups in total. The average molecular weight is 279 g/mol. The van der Waals surface area contributed by atoms with Gasteiger partial charge < -0.3 is 10.6 Å². The zero-order chi connectivity index (χ0) is 15.1. The van der Waals surface area contributed by atoms with Crippen molar-refractivity contribution >= 4 is 11.8 Å². The van der Waals surface area contributed by atoms with Gasteiger partial charge in [-0.1, -0.05) is 27.7 Å². The molecule has 1 aliphatic carbocycles. The highest BCUT2D eigenvalue weighted by Gasteiger charge is 2.50. The topological polar surface area (TPSA) is 63.4 Å². The van der Waals surface area contributed by atoms with Gasteiger partial charge in [-0.15, -0.1) is 0 Å². The fraction of sp³-hybridized carbons (Fsp3) is 0.812. The van der Waals surface area contributed by atoms with Crippen LogP contribution in [0, 0.1) is 23.2 Å². The number of nitrogens with zero attached hydrogens (tertiary/aromatic N) is 1. The van der Waals surface area contributed by atoms with Crippen LogP contribution in [0.1, 0.15) is 53.4 Å². The predicted octanol–water partition coefficient (Wildman–Crippen LogP) is 2.13. The zero-order valence-electron chi connectivity index (χ0n) is 13.1. The third-order valence-electron chi connectivity index (χ3n) is 4.65. The van der Waals surface area contributed by atoms with Crippen molar-refractivity contribution < 1.29 is 9.59 Å². The second-order valence-electron chi connectivity index (χ2n) is 7.99. The van der Waals surface area contributed by atoms with Crippen LogP contribution in [0.15, 0.2) is 0 Å². The molecule has 1 heterocycles. The average Bonchev–Trinajstić information content (AvgIpc) is 2.46. The van der Waals surface area contributed by atoms with E-state index in [2.05, 4.69) is 20.8 Å². The molecule has 0 aromatic rings. The minimum atomic E-state index is -0.352.